The minimum absolute atomic E-state index is 0. The van der Waals surface area contributed by atoms with Crippen LogP contribution in [0.3, 0.4) is 0 Å². The molecule has 1 amide bonds. The van der Waals surface area contributed by atoms with Gasteiger partial charge in [-0.15, -0.1) is 12.4 Å². The maximum atomic E-state index is 12.2. The summed E-state index contributed by atoms with van der Waals surface area (Å²) >= 11 is 0. The predicted octanol–water partition coefficient (Wildman–Crippen LogP) is 1.91. The van der Waals surface area contributed by atoms with E-state index in [1.54, 1.807) is 7.11 Å². The number of methoxy groups -OCH3 is 1. The van der Waals surface area contributed by atoms with Crippen LogP contribution in [0, 0.1) is 5.41 Å². The van der Waals surface area contributed by atoms with Crippen LogP contribution in [0.4, 0.5) is 0 Å². The molecule has 21 heavy (non-hydrogen) atoms. The number of hydrogen-bond acceptors (Lipinski definition) is 3. The smallest absolute Gasteiger partial charge is 0.237 e. The van der Waals surface area contributed by atoms with Crippen LogP contribution in [0.15, 0.2) is 30.3 Å². The highest BCUT2D eigenvalue weighted by Gasteiger charge is 2.49. The number of benzene rings is 1. The third-order valence-electron chi connectivity index (χ3n) is 4.41. The van der Waals surface area contributed by atoms with Crippen molar-refractivity contribution in [1.29, 1.82) is 0 Å². The summed E-state index contributed by atoms with van der Waals surface area (Å²) < 4.78 is 5.39. The Bertz CT molecular complexity index is 465. The van der Waals surface area contributed by atoms with E-state index in [9.17, 15) is 4.79 Å². The summed E-state index contributed by atoms with van der Waals surface area (Å²) in [6.45, 7) is 4.22. The van der Waals surface area contributed by atoms with Gasteiger partial charge in [0.25, 0.3) is 0 Å². The Labute approximate surface area is 132 Å². The zero-order valence-corrected chi connectivity index (χ0v) is 13.7. The van der Waals surface area contributed by atoms with E-state index in [0.717, 1.165) is 12.0 Å². The fourth-order valence-corrected chi connectivity index (χ4v) is 2.77. The van der Waals surface area contributed by atoms with Gasteiger partial charge in [-0.3, -0.25) is 4.79 Å². The molecular formula is C16H25ClN2O2. The van der Waals surface area contributed by atoms with Crippen LogP contribution in [-0.2, 0) is 16.0 Å². The van der Waals surface area contributed by atoms with E-state index in [0.29, 0.717) is 6.42 Å². The zero-order chi connectivity index (χ0) is 14.8. The summed E-state index contributed by atoms with van der Waals surface area (Å²) in [6.07, 6.45) is 1.62. The lowest BCUT2D eigenvalue weighted by Crippen LogP contribution is -2.63. The number of carbonyl (C=O) groups excluding carboxylic acids is 1. The summed E-state index contributed by atoms with van der Waals surface area (Å²) in [5.74, 6) is -0.0820. The Morgan fingerprint density at radius 3 is 2.57 bits per heavy atom. The molecule has 1 aromatic carbocycles. The van der Waals surface area contributed by atoms with E-state index in [1.807, 2.05) is 30.3 Å². The van der Waals surface area contributed by atoms with Gasteiger partial charge in [0.05, 0.1) is 12.1 Å². The van der Waals surface area contributed by atoms with Crippen molar-refractivity contribution in [1.82, 2.24) is 5.32 Å². The zero-order valence-electron chi connectivity index (χ0n) is 12.8. The molecular weight excluding hydrogens is 288 g/mol. The number of nitrogens with one attached hydrogen (secondary N) is 1. The first-order valence-corrected chi connectivity index (χ1v) is 7.08. The topological polar surface area (TPSA) is 64.3 Å². The van der Waals surface area contributed by atoms with Crippen molar-refractivity contribution in [2.24, 2.45) is 11.1 Å². The average Bonchev–Trinajstić information content (AvgIpc) is 2.43. The van der Waals surface area contributed by atoms with Crippen LogP contribution in [0.1, 0.15) is 25.8 Å². The van der Waals surface area contributed by atoms with Crippen molar-refractivity contribution in [3.8, 4) is 0 Å². The number of carbonyl (C=O) groups is 1. The molecule has 5 heteroatoms. The van der Waals surface area contributed by atoms with Crippen LogP contribution < -0.4 is 11.1 Å². The molecule has 1 aromatic rings. The van der Waals surface area contributed by atoms with Gasteiger partial charge in [-0.25, -0.2) is 0 Å². The molecule has 2 rings (SSSR count). The standard InChI is InChI=1S/C16H24N2O2.ClH/c1-16(2)13(10-14(16)20-3)18-15(19)12(17)9-11-7-5-4-6-8-11;/h4-8,12-14H,9-10,17H2,1-3H3,(H,18,19);1H. The number of rotatable bonds is 5. The molecule has 1 aliphatic rings. The highest BCUT2D eigenvalue weighted by Crippen LogP contribution is 2.42. The Morgan fingerprint density at radius 1 is 1.43 bits per heavy atom. The van der Waals surface area contributed by atoms with Gasteiger partial charge in [0.15, 0.2) is 0 Å². The third kappa shape index (κ3) is 3.96. The molecule has 1 fully saturated rings. The van der Waals surface area contributed by atoms with Crippen LogP contribution in [-0.4, -0.2) is 31.2 Å². The number of halogens is 1. The lowest BCUT2D eigenvalue weighted by Gasteiger charge is -2.51. The molecule has 1 aliphatic carbocycles. The number of hydrogen-bond donors (Lipinski definition) is 2. The van der Waals surface area contributed by atoms with E-state index in [-0.39, 0.29) is 35.9 Å². The van der Waals surface area contributed by atoms with E-state index in [4.69, 9.17) is 10.5 Å². The second kappa shape index (κ2) is 7.25. The van der Waals surface area contributed by atoms with Gasteiger partial charge in [0.1, 0.15) is 0 Å². The number of nitrogens with two attached hydrogens (primary N) is 1. The summed E-state index contributed by atoms with van der Waals surface area (Å²) in [7, 11) is 1.71. The van der Waals surface area contributed by atoms with Gasteiger partial charge in [-0.05, 0) is 18.4 Å². The first kappa shape index (κ1) is 18.0. The minimum atomic E-state index is -0.505. The molecule has 0 heterocycles. The molecule has 1 saturated carbocycles. The van der Waals surface area contributed by atoms with Gasteiger partial charge in [-0.1, -0.05) is 44.2 Å². The van der Waals surface area contributed by atoms with Crippen LogP contribution in [0.2, 0.25) is 0 Å². The van der Waals surface area contributed by atoms with Crippen molar-refractivity contribution >= 4 is 18.3 Å². The van der Waals surface area contributed by atoms with Gasteiger partial charge in [0.2, 0.25) is 5.91 Å². The van der Waals surface area contributed by atoms with Gasteiger partial charge in [-0.2, -0.15) is 0 Å². The molecule has 0 radical (unpaired) electrons. The highest BCUT2D eigenvalue weighted by atomic mass is 35.5. The second-order valence-electron chi connectivity index (χ2n) is 6.14. The van der Waals surface area contributed by atoms with Crippen molar-refractivity contribution in [2.45, 2.75) is 44.9 Å². The Balaban J connectivity index is 0.00000220. The number of ether oxygens (including phenoxy) is 1. The molecule has 3 N–H and O–H groups in total. The van der Waals surface area contributed by atoms with Crippen LogP contribution >= 0.6 is 12.4 Å². The lowest BCUT2D eigenvalue weighted by molar-refractivity contribution is -0.133. The highest BCUT2D eigenvalue weighted by molar-refractivity contribution is 5.85. The Kier molecular flexibility index (Phi) is 6.20. The van der Waals surface area contributed by atoms with Crippen LogP contribution in [0.5, 0.6) is 0 Å². The molecule has 0 aliphatic heterocycles. The molecule has 0 aromatic heterocycles. The first-order chi connectivity index (χ1) is 9.45. The lowest BCUT2D eigenvalue weighted by atomic mass is 9.64. The third-order valence-corrected chi connectivity index (χ3v) is 4.41. The maximum Gasteiger partial charge on any atom is 0.237 e. The van der Waals surface area contributed by atoms with Crippen molar-refractivity contribution < 1.29 is 9.53 Å². The SMILES string of the molecule is COC1CC(NC(=O)C(N)Cc2ccccc2)C1(C)C.Cl. The first-order valence-electron chi connectivity index (χ1n) is 7.08. The van der Waals surface area contributed by atoms with E-state index < -0.39 is 6.04 Å². The molecule has 0 saturated heterocycles. The summed E-state index contributed by atoms with van der Waals surface area (Å²) in [5, 5.41) is 3.05. The minimum Gasteiger partial charge on any atom is -0.381 e. The fourth-order valence-electron chi connectivity index (χ4n) is 2.77. The molecule has 0 bridgehead atoms. The molecule has 0 spiro atoms. The largest absolute Gasteiger partial charge is 0.381 e. The summed E-state index contributed by atoms with van der Waals surface area (Å²) in [6, 6.07) is 9.48. The van der Waals surface area contributed by atoms with Crippen LogP contribution in [0.25, 0.3) is 0 Å². The summed E-state index contributed by atoms with van der Waals surface area (Å²) in [5.41, 5.74) is 7.04. The normalized spacial score (nSPS) is 24.4. The molecule has 3 atom stereocenters. The van der Waals surface area contributed by atoms with E-state index >= 15 is 0 Å². The molecule has 4 nitrogen and oxygen atoms in total. The predicted molar refractivity (Wildman–Crippen MR) is 86.5 cm³/mol. The average molecular weight is 313 g/mol. The van der Waals surface area contributed by atoms with Crippen molar-refractivity contribution in [2.75, 3.05) is 7.11 Å². The maximum absolute atomic E-state index is 12.2. The monoisotopic (exact) mass is 312 g/mol. The summed E-state index contributed by atoms with van der Waals surface area (Å²) in [4.78, 5) is 12.2. The van der Waals surface area contributed by atoms with Crippen molar-refractivity contribution in [3.63, 3.8) is 0 Å². The fraction of sp³-hybridized carbons (Fsp3) is 0.562. The second-order valence-corrected chi connectivity index (χ2v) is 6.14. The number of amides is 1. The van der Waals surface area contributed by atoms with E-state index in [1.165, 1.54) is 0 Å². The molecule has 3 unspecified atom stereocenters. The van der Waals surface area contributed by atoms with Gasteiger partial charge >= 0.3 is 0 Å². The Morgan fingerprint density at radius 2 is 2.05 bits per heavy atom. The van der Waals surface area contributed by atoms with Crippen molar-refractivity contribution in [3.05, 3.63) is 35.9 Å². The molecule has 118 valence electrons. The Hall–Kier alpha value is -1.10. The van der Waals surface area contributed by atoms with E-state index in [2.05, 4.69) is 19.2 Å². The van der Waals surface area contributed by atoms with Gasteiger partial charge < -0.3 is 15.8 Å². The van der Waals surface area contributed by atoms with Gasteiger partial charge in [0, 0.05) is 18.6 Å². The quantitative estimate of drug-likeness (QED) is 0.873.